The molecule has 0 unspecified atom stereocenters. The number of nitrogens with zero attached hydrogens (tertiary/aromatic N) is 3. The van der Waals surface area contributed by atoms with Crippen molar-refractivity contribution in [1.29, 1.82) is 5.41 Å². The van der Waals surface area contributed by atoms with Gasteiger partial charge in [0.15, 0.2) is 5.96 Å². The number of carbonyl (C=O) groups is 10. The third-order valence-electron chi connectivity index (χ3n) is 11.8. The normalized spacial score (nSPS) is 15.8. The van der Waals surface area contributed by atoms with Crippen molar-refractivity contribution in [2.24, 2.45) is 45.1 Å². The fourth-order valence-corrected chi connectivity index (χ4v) is 7.68. The van der Waals surface area contributed by atoms with E-state index in [1.165, 1.54) is 30.4 Å². The number of aromatic amines is 1. The quantitative estimate of drug-likeness (QED) is 0.0128. The molecular weight excluding hydrogens is 1010 g/mol. The Morgan fingerprint density at radius 2 is 1.47 bits per heavy atom. The molecule has 7 atom stereocenters. The molecule has 25 N–H and O–H groups in total. The van der Waals surface area contributed by atoms with Crippen molar-refractivity contribution in [3.05, 3.63) is 30.0 Å². The van der Waals surface area contributed by atoms with Gasteiger partial charge in [-0.2, -0.15) is 0 Å². The summed E-state index contributed by atoms with van der Waals surface area (Å²) in [6, 6.07) is -7.96. The topological polar surface area (TPSA) is 537 Å². The van der Waals surface area contributed by atoms with Gasteiger partial charge in [0.05, 0.1) is 25.0 Å². The average molecular weight is 1090 g/mol. The van der Waals surface area contributed by atoms with Gasteiger partial charge in [0.2, 0.25) is 41.4 Å². The third-order valence-corrected chi connectivity index (χ3v) is 11.8. The van der Waals surface area contributed by atoms with Crippen LogP contribution >= 0.6 is 0 Å². The highest BCUT2D eigenvalue weighted by Gasteiger charge is 2.39. The van der Waals surface area contributed by atoms with Crippen LogP contribution in [0.2, 0.25) is 0 Å². The Kier molecular flexibility index (Phi) is 30.5. The molecule has 0 radical (unpaired) electrons. The van der Waals surface area contributed by atoms with Gasteiger partial charge in [0.1, 0.15) is 41.6 Å². The van der Waals surface area contributed by atoms with Crippen molar-refractivity contribution in [3.63, 3.8) is 0 Å². The van der Waals surface area contributed by atoms with E-state index in [2.05, 4.69) is 57.5 Å². The molecule has 1 aromatic rings. The summed E-state index contributed by atoms with van der Waals surface area (Å²) < 4.78 is 0. The highest BCUT2D eigenvalue weighted by molar-refractivity contribution is 6.40. The minimum atomic E-state index is -1.66. The lowest BCUT2D eigenvalue weighted by Gasteiger charge is -2.27. The number of aliphatic imine (C=N–C) groups is 1. The van der Waals surface area contributed by atoms with E-state index in [-0.39, 0.29) is 101 Å². The second-order valence-corrected chi connectivity index (χ2v) is 18.0. The van der Waals surface area contributed by atoms with Crippen LogP contribution in [0.5, 0.6) is 0 Å². The van der Waals surface area contributed by atoms with Crippen LogP contribution in [-0.2, 0) is 54.4 Å². The Balaban J connectivity index is 2.34. The number of nitrogens with two attached hydrogens (primary N) is 7. The van der Waals surface area contributed by atoms with E-state index >= 15 is 0 Å². The Bertz CT molecular complexity index is 2210. The smallest absolute Gasteiger partial charge is 0.269 e. The summed E-state index contributed by atoms with van der Waals surface area (Å²) in [6.07, 6.45) is 5.05. The number of aliphatic hydroxyl groups is 1. The van der Waals surface area contributed by atoms with Crippen LogP contribution in [0.15, 0.2) is 29.3 Å². The number of hydrogen-bond donors (Lipinski definition) is 18. The number of likely N-dealkylation sites (tertiary alicyclic amines) is 1. The van der Waals surface area contributed by atoms with Gasteiger partial charge >= 0.3 is 0 Å². The van der Waals surface area contributed by atoms with Gasteiger partial charge < -0.3 is 97.7 Å². The van der Waals surface area contributed by atoms with Crippen LogP contribution in [0.4, 0.5) is 0 Å². The molecule has 2 rings (SSSR count). The van der Waals surface area contributed by atoms with Gasteiger partial charge in [-0.05, 0) is 90.3 Å². The van der Waals surface area contributed by atoms with E-state index in [9.17, 15) is 53.1 Å². The number of rotatable bonds is 36. The van der Waals surface area contributed by atoms with Crippen molar-refractivity contribution >= 4 is 70.7 Å². The number of nitrogens with one attached hydrogen (secondary N) is 10. The van der Waals surface area contributed by atoms with Gasteiger partial charge in [-0.25, -0.2) is 9.98 Å². The van der Waals surface area contributed by atoms with Crippen LogP contribution in [0.25, 0.3) is 0 Å². The minimum Gasteiger partial charge on any atom is -0.389 e. The summed E-state index contributed by atoms with van der Waals surface area (Å²) in [5, 5.41) is 37.9. The second-order valence-electron chi connectivity index (χ2n) is 18.0. The monoisotopic (exact) mass is 1090 g/mol. The highest BCUT2D eigenvalue weighted by Crippen LogP contribution is 2.20. The standard InChI is InChI=1S/C46H80N20O11/c1-26(67)56-19-14-31(63-44(76)37(35(68)22-50)65-39(71)28(51)9-2-4-15-47)40(72)58-24-36(69)60-32(11-6-17-49)45(77)66-20-8-13-34(66)43(75)64-33(21-27-23-55-25-59-27)42(74)62-30(10-3-5-16-48)41(73)61-29(38(52)70)12-7-18-57-46(53)54/h12,23,25,28,30-31,33-35,37,68H,2-11,13-22,24,47-51H2,1H3,(H2,52,70)(H,55,59)(H,56,67)(H,58,72)(H,61,73)(H,62,74)(H,63,76)(H,64,75)(H,65,71)(H4,53,54,57)/b29-12-,60-32+/t28-,30-,31-,33-,34-,35-,37-/m0/s1. The average Bonchev–Trinajstić information content (AvgIpc) is 4.11. The first kappa shape index (κ1) is 65.7. The number of amides is 10. The number of H-pyrrole nitrogens is 1. The van der Waals surface area contributed by atoms with Gasteiger partial charge in [0, 0.05) is 51.4 Å². The molecule has 10 amide bonds. The van der Waals surface area contributed by atoms with Gasteiger partial charge in [-0.15, -0.1) is 0 Å². The third kappa shape index (κ3) is 24.4. The van der Waals surface area contributed by atoms with E-state index in [0.717, 1.165) is 0 Å². The van der Waals surface area contributed by atoms with Crippen molar-refractivity contribution < 1.29 is 53.1 Å². The molecule has 430 valence electrons. The summed E-state index contributed by atoms with van der Waals surface area (Å²) in [4.78, 5) is 145. The molecular formula is C46H80N20O11. The molecule has 1 aliphatic rings. The number of imidazole rings is 1. The molecule has 1 aromatic heterocycles. The largest absolute Gasteiger partial charge is 0.389 e. The maximum atomic E-state index is 14.2. The molecule has 0 aromatic carbocycles. The number of hydrogen-bond acceptors (Lipinski definition) is 18. The zero-order chi connectivity index (χ0) is 57.5. The minimum absolute atomic E-state index is 0.0427. The predicted octanol–water partition coefficient (Wildman–Crippen LogP) is -7.51. The van der Waals surface area contributed by atoms with Crippen LogP contribution in [0.3, 0.4) is 0 Å². The zero-order valence-electron chi connectivity index (χ0n) is 43.5. The molecule has 0 aliphatic carbocycles. The van der Waals surface area contributed by atoms with Crippen molar-refractivity contribution in [2.45, 2.75) is 133 Å². The van der Waals surface area contributed by atoms with Gasteiger partial charge in [-0.1, -0.05) is 12.5 Å². The molecule has 0 saturated carbocycles. The molecule has 1 aliphatic heterocycles. The molecule has 77 heavy (non-hydrogen) atoms. The SMILES string of the molecule is CC(=O)NCC[C@H](NC(=O)[C@@H](NC(=O)[C@@H](N)CCCCN)[C@@H](O)CN)C(=O)NCC(=O)/N=C(\CCCN)C(=O)N1CCC[C@H]1C(=O)N[C@@H](Cc1cnc[nH]1)C(=O)N[C@@H](CCCCN)C(=O)N/C(=C\CCNC(=N)N)C(N)=O. The van der Waals surface area contributed by atoms with Gasteiger partial charge in [0.25, 0.3) is 17.7 Å². The molecule has 0 spiro atoms. The number of unbranched alkanes of at least 4 members (excludes halogenated alkanes) is 2. The maximum absolute atomic E-state index is 14.2. The Morgan fingerprint density at radius 1 is 0.805 bits per heavy atom. The highest BCUT2D eigenvalue weighted by atomic mass is 16.3. The van der Waals surface area contributed by atoms with E-state index in [1.54, 1.807) is 0 Å². The van der Waals surface area contributed by atoms with E-state index in [4.69, 9.17) is 45.5 Å². The fraction of sp³-hybridized carbons (Fsp3) is 0.630. The fourth-order valence-electron chi connectivity index (χ4n) is 7.68. The van der Waals surface area contributed by atoms with Crippen LogP contribution in [-0.4, -0.2) is 185 Å². The Hall–Kier alpha value is -7.45. The van der Waals surface area contributed by atoms with E-state index in [1.807, 2.05) is 0 Å². The summed E-state index contributed by atoms with van der Waals surface area (Å²) in [6.45, 7) is 0.737. The maximum Gasteiger partial charge on any atom is 0.269 e. The molecule has 31 nitrogen and oxygen atoms in total. The van der Waals surface area contributed by atoms with E-state index in [0.29, 0.717) is 44.3 Å². The molecule has 2 heterocycles. The van der Waals surface area contributed by atoms with Crippen LogP contribution in [0.1, 0.15) is 89.7 Å². The number of carbonyl (C=O) groups excluding carboxylic acids is 10. The zero-order valence-corrected chi connectivity index (χ0v) is 43.5. The lowest BCUT2D eigenvalue weighted by molar-refractivity contribution is -0.136. The second kappa shape index (κ2) is 35.7. The molecule has 31 heteroatoms. The molecule has 1 fully saturated rings. The first-order valence-electron chi connectivity index (χ1n) is 25.4. The van der Waals surface area contributed by atoms with Crippen LogP contribution in [0, 0.1) is 5.41 Å². The number of aromatic nitrogens is 2. The lowest BCUT2D eigenvalue weighted by Crippen LogP contribution is -2.61. The number of primary amides is 1. The van der Waals surface area contributed by atoms with Crippen LogP contribution < -0.4 is 82.7 Å². The lowest BCUT2D eigenvalue weighted by atomic mass is 10.1. The number of aliphatic hydroxyl groups excluding tert-OH is 1. The van der Waals surface area contributed by atoms with Crippen molar-refractivity contribution in [2.75, 3.05) is 52.4 Å². The summed E-state index contributed by atoms with van der Waals surface area (Å²) in [7, 11) is 0. The summed E-state index contributed by atoms with van der Waals surface area (Å²) >= 11 is 0. The first-order chi connectivity index (χ1) is 36.7. The predicted molar refractivity (Wildman–Crippen MR) is 281 cm³/mol. The summed E-state index contributed by atoms with van der Waals surface area (Å²) in [5.41, 5.74) is 39.2. The van der Waals surface area contributed by atoms with Gasteiger partial charge in [-0.3, -0.25) is 53.4 Å². The molecule has 1 saturated heterocycles. The number of guanidine groups is 1. The Labute approximate surface area is 445 Å². The first-order valence-corrected chi connectivity index (χ1v) is 25.4. The van der Waals surface area contributed by atoms with Crippen molar-refractivity contribution in [3.8, 4) is 0 Å². The Morgan fingerprint density at radius 3 is 2.08 bits per heavy atom. The molecule has 0 bridgehead atoms. The van der Waals surface area contributed by atoms with E-state index < -0.39 is 115 Å². The summed E-state index contributed by atoms with van der Waals surface area (Å²) in [5.74, 6) is -8.66. The van der Waals surface area contributed by atoms with Crippen molar-refractivity contribution in [1.82, 2.24) is 57.4 Å².